The molecule has 0 spiro atoms. The fourth-order valence-corrected chi connectivity index (χ4v) is 3.13. The highest BCUT2D eigenvalue weighted by Gasteiger charge is 2.30. The van der Waals surface area contributed by atoms with Crippen LogP contribution in [-0.4, -0.2) is 72.4 Å². The molecule has 0 N–H and O–H groups in total. The molecule has 0 bridgehead atoms. The van der Waals surface area contributed by atoms with Gasteiger partial charge in [-0.1, -0.05) is 24.6 Å². The number of piperazine rings is 1. The molecule has 1 aromatic carbocycles. The van der Waals surface area contributed by atoms with E-state index in [0.29, 0.717) is 23.7 Å². The van der Waals surface area contributed by atoms with E-state index in [1.54, 1.807) is 23.1 Å². The minimum Gasteiger partial charge on any atom is -0.340 e. The van der Waals surface area contributed by atoms with Crippen molar-refractivity contribution < 1.29 is 4.79 Å². The van der Waals surface area contributed by atoms with E-state index >= 15 is 0 Å². The molecule has 1 amide bonds. The largest absolute Gasteiger partial charge is 0.340 e. The number of carbonyl (C=O) groups is 1. The Morgan fingerprint density at radius 3 is 2.68 bits per heavy atom. The third-order valence-corrected chi connectivity index (χ3v) is 4.47. The lowest BCUT2D eigenvalue weighted by molar-refractivity contribution is 0.0834. The summed E-state index contributed by atoms with van der Waals surface area (Å²) >= 11 is 6.00. The lowest BCUT2D eigenvalue weighted by Gasteiger charge is -2.37. The highest BCUT2D eigenvalue weighted by Crippen LogP contribution is 2.17. The Morgan fingerprint density at radius 2 is 2.00 bits per heavy atom. The van der Waals surface area contributed by atoms with Crippen molar-refractivity contribution in [3.63, 3.8) is 0 Å². The number of halogens is 1. The normalized spacial score (nSPS) is 19.5. The molecule has 2 aliphatic heterocycles. The molecule has 3 rings (SSSR count). The fraction of sp³-hybridized carbons (Fsp3) is 0.500. The van der Waals surface area contributed by atoms with Crippen LogP contribution >= 0.6 is 11.6 Å². The van der Waals surface area contributed by atoms with Crippen LogP contribution in [0.5, 0.6) is 0 Å². The average molecular weight is 321 g/mol. The van der Waals surface area contributed by atoms with Gasteiger partial charge in [-0.2, -0.15) is 0 Å². The minimum atomic E-state index is -0.0170. The van der Waals surface area contributed by atoms with Crippen molar-refractivity contribution in [2.75, 3.05) is 45.8 Å². The van der Waals surface area contributed by atoms with Crippen LogP contribution < -0.4 is 0 Å². The van der Waals surface area contributed by atoms with Gasteiger partial charge in [0.05, 0.1) is 6.54 Å². The maximum absolute atomic E-state index is 12.7. The van der Waals surface area contributed by atoms with Gasteiger partial charge in [-0.3, -0.25) is 14.7 Å². The summed E-state index contributed by atoms with van der Waals surface area (Å²) in [5.74, 6) is 0.803. The van der Waals surface area contributed by atoms with Crippen LogP contribution in [0.2, 0.25) is 5.02 Å². The molecule has 6 heteroatoms. The summed E-state index contributed by atoms with van der Waals surface area (Å²) < 4.78 is 0. The van der Waals surface area contributed by atoms with Crippen LogP contribution in [0, 0.1) is 0 Å². The highest BCUT2D eigenvalue weighted by atomic mass is 35.5. The van der Waals surface area contributed by atoms with Crippen molar-refractivity contribution in [1.82, 2.24) is 14.7 Å². The molecule has 0 aliphatic carbocycles. The first kappa shape index (κ1) is 15.3. The zero-order valence-corrected chi connectivity index (χ0v) is 13.6. The third-order valence-electron chi connectivity index (χ3n) is 4.24. The Bertz CT molecular complexity index is 581. The van der Waals surface area contributed by atoms with Crippen LogP contribution in [0.15, 0.2) is 29.3 Å². The van der Waals surface area contributed by atoms with Gasteiger partial charge in [0, 0.05) is 43.3 Å². The predicted molar refractivity (Wildman–Crippen MR) is 88.5 cm³/mol. The second kappa shape index (κ2) is 6.67. The molecule has 0 radical (unpaired) electrons. The molecule has 1 aromatic rings. The molecule has 1 fully saturated rings. The smallest absolute Gasteiger partial charge is 0.260 e. The summed E-state index contributed by atoms with van der Waals surface area (Å²) in [6, 6.07) is 7.11. The highest BCUT2D eigenvalue weighted by molar-refractivity contribution is 6.31. The number of amides is 1. The van der Waals surface area contributed by atoms with Crippen molar-refractivity contribution in [2.45, 2.75) is 6.92 Å². The van der Waals surface area contributed by atoms with Crippen molar-refractivity contribution in [3.8, 4) is 0 Å². The third kappa shape index (κ3) is 3.10. The second-order valence-electron chi connectivity index (χ2n) is 5.57. The Morgan fingerprint density at radius 1 is 1.23 bits per heavy atom. The number of hydrogen-bond acceptors (Lipinski definition) is 4. The predicted octanol–water partition coefficient (Wildman–Crippen LogP) is 1.79. The van der Waals surface area contributed by atoms with Gasteiger partial charge in [-0.15, -0.1) is 0 Å². The standard InChI is InChI=1S/C16H21ClN4O/c1-2-19-8-10-20(11-9-19)16-18-6-7-21(16)15(22)13-4-3-5-14(17)12-13/h3-5,12H,2,6-11H2,1H3. The van der Waals surface area contributed by atoms with Crippen LogP contribution in [0.1, 0.15) is 17.3 Å². The molecule has 22 heavy (non-hydrogen) atoms. The molecule has 0 atom stereocenters. The molecular formula is C16H21ClN4O. The first-order valence-corrected chi connectivity index (χ1v) is 8.16. The fourth-order valence-electron chi connectivity index (χ4n) is 2.94. The molecule has 0 saturated carbocycles. The van der Waals surface area contributed by atoms with E-state index in [9.17, 15) is 4.79 Å². The molecule has 5 nitrogen and oxygen atoms in total. The molecule has 2 aliphatic rings. The van der Waals surface area contributed by atoms with Crippen LogP contribution in [0.4, 0.5) is 0 Å². The molecular weight excluding hydrogens is 300 g/mol. The first-order valence-electron chi connectivity index (χ1n) is 7.78. The summed E-state index contributed by atoms with van der Waals surface area (Å²) in [4.78, 5) is 23.7. The van der Waals surface area contributed by atoms with E-state index < -0.39 is 0 Å². The Labute approximate surface area is 136 Å². The first-order chi connectivity index (χ1) is 10.7. The second-order valence-corrected chi connectivity index (χ2v) is 6.01. The van der Waals surface area contributed by atoms with E-state index in [2.05, 4.69) is 21.7 Å². The molecule has 0 unspecified atom stereocenters. The zero-order chi connectivity index (χ0) is 15.5. The summed E-state index contributed by atoms with van der Waals surface area (Å²) in [6.07, 6.45) is 0. The van der Waals surface area contributed by atoms with Crippen LogP contribution in [0.25, 0.3) is 0 Å². The maximum Gasteiger partial charge on any atom is 0.260 e. The molecule has 1 saturated heterocycles. The summed E-state index contributed by atoms with van der Waals surface area (Å²) in [5.41, 5.74) is 0.620. The number of hydrogen-bond donors (Lipinski definition) is 0. The van der Waals surface area contributed by atoms with Gasteiger partial charge in [0.2, 0.25) is 5.96 Å². The van der Waals surface area contributed by atoms with Crippen molar-refractivity contribution in [1.29, 1.82) is 0 Å². The number of benzene rings is 1. The monoisotopic (exact) mass is 320 g/mol. The molecule has 0 aromatic heterocycles. The minimum absolute atomic E-state index is 0.0170. The number of nitrogens with zero attached hydrogens (tertiary/aromatic N) is 4. The number of likely N-dealkylation sites (N-methyl/N-ethyl adjacent to an activating group) is 1. The van der Waals surface area contributed by atoms with E-state index in [1.807, 2.05) is 6.07 Å². The maximum atomic E-state index is 12.7. The Balaban J connectivity index is 1.72. The summed E-state index contributed by atoms with van der Waals surface area (Å²) in [6.45, 7) is 8.47. The van der Waals surface area contributed by atoms with Gasteiger partial charge < -0.3 is 9.80 Å². The van der Waals surface area contributed by atoms with Gasteiger partial charge in [-0.25, -0.2) is 0 Å². The molecule has 118 valence electrons. The van der Waals surface area contributed by atoms with Gasteiger partial charge in [0.25, 0.3) is 5.91 Å². The van der Waals surface area contributed by atoms with E-state index in [1.165, 1.54) is 0 Å². The van der Waals surface area contributed by atoms with E-state index in [-0.39, 0.29) is 5.91 Å². The van der Waals surface area contributed by atoms with Gasteiger partial charge >= 0.3 is 0 Å². The average Bonchev–Trinajstić information content (AvgIpc) is 3.04. The van der Waals surface area contributed by atoms with Crippen molar-refractivity contribution in [2.24, 2.45) is 4.99 Å². The lowest BCUT2D eigenvalue weighted by atomic mass is 10.2. The summed E-state index contributed by atoms with van der Waals surface area (Å²) in [7, 11) is 0. The number of rotatable bonds is 2. The zero-order valence-electron chi connectivity index (χ0n) is 12.8. The number of carbonyl (C=O) groups excluding carboxylic acids is 1. The SMILES string of the molecule is CCN1CCN(C2=NCCN2C(=O)c2cccc(Cl)c2)CC1. The van der Waals surface area contributed by atoms with E-state index in [4.69, 9.17) is 11.6 Å². The Hall–Kier alpha value is -1.59. The van der Waals surface area contributed by atoms with Gasteiger partial charge in [0.1, 0.15) is 0 Å². The molecule has 2 heterocycles. The van der Waals surface area contributed by atoms with Gasteiger partial charge in [0.15, 0.2) is 0 Å². The van der Waals surface area contributed by atoms with Crippen LogP contribution in [-0.2, 0) is 0 Å². The Kier molecular flexibility index (Phi) is 4.64. The van der Waals surface area contributed by atoms with Crippen molar-refractivity contribution >= 4 is 23.5 Å². The lowest BCUT2D eigenvalue weighted by Crippen LogP contribution is -2.53. The number of guanidine groups is 1. The summed E-state index contributed by atoms with van der Waals surface area (Å²) in [5, 5.41) is 0.583. The topological polar surface area (TPSA) is 39.1 Å². The van der Waals surface area contributed by atoms with Crippen molar-refractivity contribution in [3.05, 3.63) is 34.9 Å². The number of aliphatic imine (C=N–C) groups is 1. The van der Waals surface area contributed by atoms with E-state index in [0.717, 1.165) is 38.7 Å². The van der Waals surface area contributed by atoms with Gasteiger partial charge in [-0.05, 0) is 24.7 Å². The van der Waals surface area contributed by atoms with Crippen LogP contribution in [0.3, 0.4) is 0 Å². The quantitative estimate of drug-likeness (QED) is 0.834.